The largest absolute Gasteiger partial charge is 0.489 e. The van der Waals surface area contributed by atoms with Crippen molar-refractivity contribution in [3.63, 3.8) is 0 Å². The Morgan fingerprint density at radius 3 is 2.42 bits per heavy atom. The van der Waals surface area contributed by atoms with Crippen LogP contribution in [0.25, 0.3) is 0 Å². The molecule has 172 valence electrons. The van der Waals surface area contributed by atoms with Crippen LogP contribution >= 0.6 is 23.2 Å². The number of halogens is 2. The Kier molecular flexibility index (Phi) is 9.19. The van der Waals surface area contributed by atoms with Crippen molar-refractivity contribution < 1.29 is 13.7 Å². The highest BCUT2D eigenvalue weighted by atomic mass is 35.5. The Morgan fingerprint density at radius 2 is 1.90 bits per heavy atom. The molecule has 0 bridgehead atoms. The quantitative estimate of drug-likeness (QED) is 0.391. The molecule has 0 aromatic heterocycles. The van der Waals surface area contributed by atoms with Gasteiger partial charge in [-0.3, -0.25) is 4.79 Å². The van der Waals surface area contributed by atoms with E-state index in [0.717, 1.165) is 18.4 Å². The third-order valence-corrected chi connectivity index (χ3v) is 7.50. The first-order valence-corrected chi connectivity index (χ1v) is 12.2. The highest BCUT2D eigenvalue weighted by Crippen LogP contribution is 2.40. The Hall–Kier alpha value is -1.34. The number of carbonyl (C=O) groups is 1. The van der Waals surface area contributed by atoms with Gasteiger partial charge in [-0.1, -0.05) is 42.4 Å². The van der Waals surface area contributed by atoms with E-state index < -0.39 is 15.7 Å². The third-order valence-electron chi connectivity index (χ3n) is 5.20. The van der Waals surface area contributed by atoms with E-state index in [1.165, 1.54) is 0 Å². The summed E-state index contributed by atoms with van der Waals surface area (Å²) in [6.45, 7) is 16.5. The molecule has 1 aliphatic rings. The molecule has 1 fully saturated rings. The summed E-state index contributed by atoms with van der Waals surface area (Å²) in [5.41, 5.74) is 1.34. The molecule has 2 rings (SSSR count). The number of carbonyl (C=O) groups excluding carboxylic acids is 1. The van der Waals surface area contributed by atoms with Gasteiger partial charge in [-0.25, -0.2) is 8.93 Å². The number of hydrogen-bond acceptors (Lipinski definition) is 3. The second-order valence-electron chi connectivity index (χ2n) is 8.79. The van der Waals surface area contributed by atoms with Crippen LogP contribution in [0.4, 0.5) is 0 Å². The van der Waals surface area contributed by atoms with Gasteiger partial charge in [0.15, 0.2) is 0 Å². The van der Waals surface area contributed by atoms with Gasteiger partial charge in [0.25, 0.3) is 0 Å². The van der Waals surface area contributed by atoms with Crippen LogP contribution in [0.15, 0.2) is 36.9 Å². The molecule has 0 aliphatic carbocycles. The van der Waals surface area contributed by atoms with Gasteiger partial charge in [-0.2, -0.15) is 0 Å². The molecule has 8 heteroatoms. The van der Waals surface area contributed by atoms with Crippen molar-refractivity contribution in [2.75, 3.05) is 19.7 Å². The number of piperidine rings is 1. The van der Waals surface area contributed by atoms with E-state index in [1.54, 1.807) is 25.1 Å². The average Bonchev–Trinajstić information content (AvgIpc) is 2.71. The lowest BCUT2D eigenvalue weighted by atomic mass is 9.85. The molecule has 1 heterocycles. The number of ether oxygens (including phenoxy) is 1. The summed E-state index contributed by atoms with van der Waals surface area (Å²) in [7, 11) is -1.32. The Morgan fingerprint density at radius 1 is 1.32 bits per heavy atom. The predicted molar refractivity (Wildman–Crippen MR) is 130 cm³/mol. The minimum absolute atomic E-state index is 0.0224. The monoisotopic (exact) mass is 486 g/mol. The topological polar surface area (TPSA) is 58.6 Å². The van der Waals surface area contributed by atoms with Gasteiger partial charge in [-0.05, 0) is 52.5 Å². The minimum Gasteiger partial charge on any atom is -0.489 e. The lowest BCUT2D eigenvalue weighted by Crippen LogP contribution is -2.44. The number of hydrogen-bond donors (Lipinski definition) is 1. The van der Waals surface area contributed by atoms with Crippen molar-refractivity contribution >= 4 is 40.1 Å². The summed E-state index contributed by atoms with van der Waals surface area (Å²) in [6.07, 6.45) is 3.15. The van der Waals surface area contributed by atoms with Gasteiger partial charge in [0.2, 0.25) is 5.91 Å². The van der Waals surface area contributed by atoms with Crippen LogP contribution in [0.5, 0.6) is 5.75 Å². The first-order chi connectivity index (χ1) is 14.5. The van der Waals surface area contributed by atoms with Crippen LogP contribution in [-0.2, 0) is 15.8 Å². The number of benzene rings is 1. The molecule has 0 spiro atoms. The maximum absolute atomic E-state index is 13.0. The van der Waals surface area contributed by atoms with Gasteiger partial charge >= 0.3 is 0 Å². The molecule has 1 aromatic rings. The van der Waals surface area contributed by atoms with E-state index in [9.17, 15) is 9.00 Å². The maximum atomic E-state index is 13.0. The fourth-order valence-electron chi connectivity index (χ4n) is 3.47. The van der Waals surface area contributed by atoms with Crippen LogP contribution in [0.3, 0.4) is 0 Å². The van der Waals surface area contributed by atoms with Gasteiger partial charge < -0.3 is 9.64 Å². The molecule has 31 heavy (non-hydrogen) atoms. The highest BCUT2D eigenvalue weighted by Gasteiger charge is 2.34. The number of nitrogens with zero attached hydrogens (tertiary/aromatic N) is 1. The lowest BCUT2D eigenvalue weighted by Gasteiger charge is -2.38. The van der Waals surface area contributed by atoms with Crippen molar-refractivity contribution in [1.82, 2.24) is 9.62 Å². The fraction of sp³-hybridized carbons (Fsp3) is 0.522. The van der Waals surface area contributed by atoms with E-state index in [2.05, 4.69) is 17.9 Å². The van der Waals surface area contributed by atoms with Crippen molar-refractivity contribution in [3.8, 4) is 5.75 Å². The molecule has 2 atom stereocenters. The zero-order valence-electron chi connectivity index (χ0n) is 18.7. The Bertz CT molecular complexity index is 859. The molecule has 0 unspecified atom stereocenters. The van der Waals surface area contributed by atoms with Crippen LogP contribution in [0.1, 0.15) is 52.1 Å². The molecular weight excluding hydrogens is 455 g/mol. The Labute approximate surface area is 198 Å². The first kappa shape index (κ1) is 25.9. The summed E-state index contributed by atoms with van der Waals surface area (Å²) in [5.74, 6) is 0.688. The number of nitrogens with one attached hydrogen (secondary N) is 1. The summed E-state index contributed by atoms with van der Waals surface area (Å²) < 4.78 is 21.8. The molecule has 1 saturated heterocycles. The van der Waals surface area contributed by atoms with E-state index in [-0.39, 0.29) is 17.9 Å². The van der Waals surface area contributed by atoms with Crippen molar-refractivity contribution in [2.45, 2.75) is 51.3 Å². The normalized spacial score (nSPS) is 17.2. The van der Waals surface area contributed by atoms with Gasteiger partial charge in [0.05, 0.1) is 31.8 Å². The number of likely N-dealkylation sites (tertiary alicyclic amines) is 1. The molecular formula is C23H32Cl2N2O3S. The molecule has 1 aliphatic heterocycles. The minimum atomic E-state index is -1.32. The van der Waals surface area contributed by atoms with Crippen LogP contribution in [-0.4, -0.2) is 39.5 Å². The van der Waals surface area contributed by atoms with Crippen LogP contribution < -0.4 is 9.46 Å². The summed E-state index contributed by atoms with van der Waals surface area (Å²) in [4.78, 5) is 14.1. The van der Waals surface area contributed by atoms with Crippen LogP contribution in [0.2, 0.25) is 10.0 Å². The zero-order valence-corrected chi connectivity index (χ0v) is 21.0. The molecule has 1 N–H and O–H groups in total. The molecule has 5 nitrogen and oxygen atoms in total. The standard InChI is InChI=1S/C23H32Cl2N2O3S/c1-7-12-30-20-14-19(25)18(24)13-17(20)21(26-31(29)23(4,5)6)16-8-10-27(11-9-16)22(28)15(2)3/h7,13-14,16,21,26H,1-2,8-12H2,3-6H3/t21-,31+/m1/s1. The fourth-order valence-corrected chi connectivity index (χ4v) is 4.70. The van der Waals surface area contributed by atoms with E-state index in [4.69, 9.17) is 27.9 Å². The van der Waals surface area contributed by atoms with Crippen molar-refractivity contribution in [1.29, 1.82) is 0 Å². The third kappa shape index (κ3) is 6.82. The molecule has 0 radical (unpaired) electrons. The zero-order chi connectivity index (χ0) is 23.3. The molecule has 1 amide bonds. The highest BCUT2D eigenvalue weighted by molar-refractivity contribution is 7.84. The van der Waals surface area contributed by atoms with E-state index in [0.29, 0.717) is 41.1 Å². The van der Waals surface area contributed by atoms with Crippen molar-refractivity contribution in [3.05, 3.63) is 52.5 Å². The first-order valence-electron chi connectivity index (χ1n) is 10.3. The maximum Gasteiger partial charge on any atom is 0.248 e. The van der Waals surface area contributed by atoms with Gasteiger partial charge in [-0.15, -0.1) is 0 Å². The van der Waals surface area contributed by atoms with Crippen LogP contribution in [0, 0.1) is 5.92 Å². The summed E-state index contributed by atoms with van der Waals surface area (Å²) >= 11 is 12.6. The SMILES string of the molecule is C=CCOc1cc(Cl)c(Cl)cc1[C@H](N[S@@](=O)C(C)(C)C)C1CCN(C(=O)C(=C)C)CC1. The second-order valence-corrected chi connectivity index (χ2v) is 11.6. The molecule has 1 aromatic carbocycles. The van der Waals surface area contributed by atoms with Gasteiger partial charge in [0.1, 0.15) is 12.4 Å². The van der Waals surface area contributed by atoms with Gasteiger partial charge in [0, 0.05) is 30.3 Å². The lowest BCUT2D eigenvalue weighted by molar-refractivity contribution is -0.128. The summed E-state index contributed by atoms with van der Waals surface area (Å²) in [5, 5.41) is 0.799. The predicted octanol–water partition coefficient (Wildman–Crippen LogP) is 5.47. The molecule has 0 saturated carbocycles. The number of amides is 1. The Balaban J connectivity index is 2.39. The van der Waals surface area contributed by atoms with E-state index >= 15 is 0 Å². The second kappa shape index (κ2) is 11.0. The number of rotatable bonds is 8. The average molecular weight is 487 g/mol. The van der Waals surface area contributed by atoms with Crippen molar-refractivity contribution in [2.24, 2.45) is 5.92 Å². The van der Waals surface area contributed by atoms with E-state index in [1.807, 2.05) is 25.7 Å². The summed E-state index contributed by atoms with van der Waals surface area (Å²) in [6, 6.07) is 3.19. The smallest absolute Gasteiger partial charge is 0.248 e.